The van der Waals surface area contributed by atoms with Crippen LogP contribution in [0.3, 0.4) is 0 Å². The van der Waals surface area contributed by atoms with E-state index in [9.17, 15) is 14.0 Å². The van der Waals surface area contributed by atoms with Crippen LogP contribution >= 0.6 is 11.6 Å². The first kappa shape index (κ1) is 14.6. The molecule has 0 unspecified atom stereocenters. The van der Waals surface area contributed by atoms with Gasteiger partial charge in [0, 0.05) is 12.6 Å². The van der Waals surface area contributed by atoms with Crippen LogP contribution in [0.5, 0.6) is 0 Å². The Labute approximate surface area is 120 Å². The largest absolute Gasteiger partial charge is 0.481 e. The van der Waals surface area contributed by atoms with E-state index in [0.717, 1.165) is 12.8 Å². The number of hydrogen-bond donors (Lipinski definition) is 2. The molecular formula is C13H14ClFN2O3. The highest BCUT2D eigenvalue weighted by Crippen LogP contribution is 2.28. The topological polar surface area (TPSA) is 69.6 Å². The summed E-state index contributed by atoms with van der Waals surface area (Å²) < 4.78 is 13.7. The predicted molar refractivity (Wildman–Crippen MR) is 72.4 cm³/mol. The van der Waals surface area contributed by atoms with Gasteiger partial charge in [0.2, 0.25) is 0 Å². The van der Waals surface area contributed by atoms with Crippen molar-refractivity contribution in [2.24, 2.45) is 0 Å². The Kier molecular flexibility index (Phi) is 4.44. The van der Waals surface area contributed by atoms with E-state index in [-0.39, 0.29) is 29.7 Å². The van der Waals surface area contributed by atoms with Crippen molar-refractivity contribution in [3.8, 4) is 0 Å². The number of carboxylic acid groups (broad SMARTS) is 1. The number of carbonyl (C=O) groups is 2. The number of nitrogens with one attached hydrogen (secondary N) is 1. The lowest BCUT2D eigenvalue weighted by Gasteiger charge is -2.22. The molecule has 0 spiro atoms. The molecule has 0 aliphatic heterocycles. The molecule has 20 heavy (non-hydrogen) atoms. The second-order valence-corrected chi connectivity index (χ2v) is 5.01. The SMILES string of the molecule is O=C(O)CCN(C(=O)Nc1cccc(Cl)c1F)C1CC1. The third kappa shape index (κ3) is 3.60. The quantitative estimate of drug-likeness (QED) is 0.878. The fourth-order valence-electron chi connectivity index (χ4n) is 1.84. The van der Waals surface area contributed by atoms with Crippen LogP contribution in [0.2, 0.25) is 5.02 Å². The van der Waals surface area contributed by atoms with Crippen LogP contribution in [-0.4, -0.2) is 34.6 Å². The molecule has 0 atom stereocenters. The number of hydrogen-bond acceptors (Lipinski definition) is 2. The van der Waals surface area contributed by atoms with E-state index < -0.39 is 17.8 Å². The van der Waals surface area contributed by atoms with Gasteiger partial charge in [0.15, 0.2) is 5.82 Å². The van der Waals surface area contributed by atoms with Gasteiger partial charge in [-0.05, 0) is 25.0 Å². The molecule has 2 N–H and O–H groups in total. The summed E-state index contributed by atoms with van der Waals surface area (Å²) in [6.45, 7) is 0.105. The zero-order valence-electron chi connectivity index (χ0n) is 10.6. The van der Waals surface area contributed by atoms with E-state index in [1.54, 1.807) is 0 Å². The minimum absolute atomic E-state index is 0.0107. The average Bonchev–Trinajstić information content (AvgIpc) is 3.19. The molecule has 0 aromatic heterocycles. The summed E-state index contributed by atoms with van der Waals surface area (Å²) >= 11 is 5.64. The molecule has 7 heteroatoms. The number of rotatable bonds is 5. The number of aliphatic carboxylic acids is 1. The first-order chi connectivity index (χ1) is 9.49. The van der Waals surface area contributed by atoms with Gasteiger partial charge in [0.25, 0.3) is 0 Å². The Balaban J connectivity index is 2.04. The van der Waals surface area contributed by atoms with Gasteiger partial charge in [0.05, 0.1) is 17.1 Å². The fraction of sp³-hybridized carbons (Fsp3) is 0.385. The summed E-state index contributed by atoms with van der Waals surface area (Å²) in [6, 6.07) is 3.85. The third-order valence-corrected chi connectivity index (χ3v) is 3.30. The molecule has 5 nitrogen and oxygen atoms in total. The molecule has 108 valence electrons. The molecule has 1 aromatic carbocycles. The Morgan fingerprint density at radius 1 is 1.45 bits per heavy atom. The second kappa shape index (κ2) is 6.09. The zero-order chi connectivity index (χ0) is 14.7. The standard InChI is InChI=1S/C13H14ClFN2O3/c14-9-2-1-3-10(12(9)15)16-13(20)17(8-4-5-8)7-6-11(18)19/h1-3,8H,4-7H2,(H,16,20)(H,18,19). The molecule has 1 saturated carbocycles. The van der Waals surface area contributed by atoms with Crippen LogP contribution in [0, 0.1) is 5.82 Å². The van der Waals surface area contributed by atoms with E-state index in [2.05, 4.69) is 5.32 Å². The van der Waals surface area contributed by atoms with Crippen molar-refractivity contribution in [2.75, 3.05) is 11.9 Å². The van der Waals surface area contributed by atoms with E-state index in [1.165, 1.54) is 23.1 Å². The highest BCUT2D eigenvalue weighted by Gasteiger charge is 2.33. The number of amides is 2. The summed E-state index contributed by atoms with van der Waals surface area (Å²) in [4.78, 5) is 24.1. The molecule has 1 aliphatic rings. The summed E-state index contributed by atoms with van der Waals surface area (Å²) in [7, 11) is 0. The summed E-state index contributed by atoms with van der Waals surface area (Å²) in [5.74, 6) is -1.67. The fourth-order valence-corrected chi connectivity index (χ4v) is 2.01. The van der Waals surface area contributed by atoms with Gasteiger partial charge in [-0.3, -0.25) is 4.79 Å². The van der Waals surface area contributed by atoms with Crippen molar-refractivity contribution in [2.45, 2.75) is 25.3 Å². The molecule has 1 aliphatic carbocycles. The average molecular weight is 301 g/mol. The lowest BCUT2D eigenvalue weighted by atomic mass is 10.3. The molecule has 2 rings (SSSR count). The van der Waals surface area contributed by atoms with Crippen LogP contribution in [0.1, 0.15) is 19.3 Å². The Morgan fingerprint density at radius 2 is 2.15 bits per heavy atom. The Hall–Kier alpha value is -1.82. The van der Waals surface area contributed by atoms with Gasteiger partial charge < -0.3 is 15.3 Å². The highest BCUT2D eigenvalue weighted by molar-refractivity contribution is 6.31. The highest BCUT2D eigenvalue weighted by atomic mass is 35.5. The van der Waals surface area contributed by atoms with Gasteiger partial charge in [-0.25, -0.2) is 9.18 Å². The third-order valence-electron chi connectivity index (χ3n) is 3.01. The predicted octanol–water partition coefficient (Wildman–Crippen LogP) is 2.95. The first-order valence-corrected chi connectivity index (χ1v) is 6.60. The van der Waals surface area contributed by atoms with Gasteiger partial charge in [-0.2, -0.15) is 0 Å². The van der Waals surface area contributed by atoms with Gasteiger partial charge >= 0.3 is 12.0 Å². The molecule has 0 heterocycles. The number of halogens is 2. The Bertz CT molecular complexity index is 534. The van der Waals surface area contributed by atoms with Crippen LogP contribution in [0.25, 0.3) is 0 Å². The number of nitrogens with zero attached hydrogens (tertiary/aromatic N) is 1. The zero-order valence-corrected chi connectivity index (χ0v) is 11.4. The van der Waals surface area contributed by atoms with Crippen molar-refractivity contribution < 1.29 is 19.1 Å². The molecule has 2 amide bonds. The minimum atomic E-state index is -0.975. The lowest BCUT2D eigenvalue weighted by molar-refractivity contribution is -0.137. The maximum absolute atomic E-state index is 13.7. The first-order valence-electron chi connectivity index (χ1n) is 6.22. The molecule has 0 saturated heterocycles. The summed E-state index contributed by atoms with van der Waals surface area (Å²) in [5.41, 5.74) is -0.0107. The Morgan fingerprint density at radius 3 is 2.75 bits per heavy atom. The van der Waals surface area contributed by atoms with E-state index in [4.69, 9.17) is 16.7 Å². The second-order valence-electron chi connectivity index (χ2n) is 4.60. The van der Waals surface area contributed by atoms with Gasteiger partial charge in [0.1, 0.15) is 0 Å². The number of benzene rings is 1. The van der Waals surface area contributed by atoms with Crippen molar-refractivity contribution in [1.29, 1.82) is 0 Å². The number of anilines is 1. The van der Waals surface area contributed by atoms with Crippen molar-refractivity contribution in [3.05, 3.63) is 29.0 Å². The monoisotopic (exact) mass is 300 g/mol. The maximum atomic E-state index is 13.7. The number of urea groups is 1. The number of carbonyl (C=O) groups excluding carboxylic acids is 1. The molecule has 0 bridgehead atoms. The summed E-state index contributed by atoms with van der Waals surface area (Å²) in [6.07, 6.45) is 1.54. The van der Waals surface area contributed by atoms with Crippen molar-refractivity contribution in [3.63, 3.8) is 0 Å². The molecule has 0 radical (unpaired) electrons. The van der Waals surface area contributed by atoms with E-state index in [0.29, 0.717) is 0 Å². The lowest BCUT2D eigenvalue weighted by Crippen LogP contribution is -2.38. The maximum Gasteiger partial charge on any atom is 0.322 e. The molecule has 1 aromatic rings. The van der Waals surface area contributed by atoms with Crippen molar-refractivity contribution >= 4 is 29.3 Å². The molecule has 1 fully saturated rings. The van der Waals surface area contributed by atoms with Crippen LogP contribution in [-0.2, 0) is 4.79 Å². The van der Waals surface area contributed by atoms with E-state index >= 15 is 0 Å². The smallest absolute Gasteiger partial charge is 0.322 e. The van der Waals surface area contributed by atoms with Gasteiger partial charge in [-0.1, -0.05) is 17.7 Å². The van der Waals surface area contributed by atoms with E-state index in [1.807, 2.05) is 0 Å². The molecular weight excluding hydrogens is 287 g/mol. The van der Waals surface area contributed by atoms with Gasteiger partial charge in [-0.15, -0.1) is 0 Å². The van der Waals surface area contributed by atoms with Crippen LogP contribution in [0.15, 0.2) is 18.2 Å². The van der Waals surface area contributed by atoms with Crippen LogP contribution in [0.4, 0.5) is 14.9 Å². The number of carboxylic acids is 1. The van der Waals surface area contributed by atoms with Crippen molar-refractivity contribution in [1.82, 2.24) is 4.90 Å². The normalized spacial score (nSPS) is 13.9. The summed E-state index contributed by atoms with van der Waals surface area (Å²) in [5, 5.41) is 11.0. The minimum Gasteiger partial charge on any atom is -0.481 e. The van der Waals surface area contributed by atoms with Crippen LogP contribution < -0.4 is 5.32 Å².